The lowest BCUT2D eigenvalue weighted by Crippen LogP contribution is -2.32. The maximum Gasteiger partial charge on any atom is 0.235 e. The van der Waals surface area contributed by atoms with Crippen LogP contribution in [-0.4, -0.2) is 37.9 Å². The molecule has 3 rings (SSSR count). The van der Waals surface area contributed by atoms with Gasteiger partial charge in [-0.15, -0.1) is 10.2 Å². The van der Waals surface area contributed by atoms with Crippen molar-refractivity contribution in [3.8, 4) is 11.4 Å². The molecule has 0 N–H and O–H groups in total. The van der Waals surface area contributed by atoms with Crippen LogP contribution in [0, 0.1) is 0 Å². The fraction of sp³-hybridized carbons (Fsp3) is 0.250. The quantitative estimate of drug-likeness (QED) is 0.579. The fourth-order valence-corrected chi connectivity index (χ4v) is 3.78. The number of thioether (sulfide) groups is 1. The molecule has 0 aliphatic carbocycles. The van der Waals surface area contributed by atoms with Gasteiger partial charge in [-0.3, -0.25) is 4.79 Å². The molecule has 0 fully saturated rings. The first kappa shape index (κ1) is 19.5. The molecule has 140 valence electrons. The van der Waals surface area contributed by atoms with Crippen molar-refractivity contribution in [1.29, 1.82) is 0 Å². The molecule has 1 atom stereocenters. The zero-order valence-corrected chi connectivity index (χ0v) is 17.0. The van der Waals surface area contributed by atoms with E-state index in [2.05, 4.69) is 10.2 Å². The molecule has 1 aromatic heterocycles. The van der Waals surface area contributed by atoms with Crippen molar-refractivity contribution in [2.45, 2.75) is 23.9 Å². The standard InChI is InChI=1S/C20H21ClN4OS/c1-14(19(26)24(2)13-15-7-5-4-6-8-15)27-20-23-22-18(25(20)3)16-9-11-17(21)12-10-16/h4-12,14H,13H2,1-3H3/t14-/m0/s1. The van der Waals surface area contributed by atoms with E-state index in [0.717, 1.165) is 17.0 Å². The van der Waals surface area contributed by atoms with Crippen molar-refractivity contribution in [1.82, 2.24) is 19.7 Å². The lowest BCUT2D eigenvalue weighted by Gasteiger charge is -2.21. The molecule has 0 aliphatic rings. The highest BCUT2D eigenvalue weighted by molar-refractivity contribution is 8.00. The molecule has 0 spiro atoms. The van der Waals surface area contributed by atoms with Crippen LogP contribution in [-0.2, 0) is 18.4 Å². The van der Waals surface area contributed by atoms with E-state index >= 15 is 0 Å². The van der Waals surface area contributed by atoms with E-state index in [1.165, 1.54) is 11.8 Å². The minimum atomic E-state index is -0.264. The summed E-state index contributed by atoms with van der Waals surface area (Å²) in [5, 5.41) is 9.63. The van der Waals surface area contributed by atoms with Crippen LogP contribution in [0.1, 0.15) is 12.5 Å². The molecule has 0 aliphatic heterocycles. The lowest BCUT2D eigenvalue weighted by atomic mass is 10.2. The van der Waals surface area contributed by atoms with Crippen LogP contribution in [0.5, 0.6) is 0 Å². The Morgan fingerprint density at radius 3 is 2.48 bits per heavy atom. The average Bonchev–Trinajstić information content (AvgIpc) is 3.03. The Kier molecular flexibility index (Phi) is 6.19. The van der Waals surface area contributed by atoms with Crippen LogP contribution in [0.25, 0.3) is 11.4 Å². The molecule has 3 aromatic rings. The highest BCUT2D eigenvalue weighted by Crippen LogP contribution is 2.27. The predicted molar refractivity (Wildman–Crippen MR) is 110 cm³/mol. The number of amides is 1. The summed E-state index contributed by atoms with van der Waals surface area (Å²) >= 11 is 7.35. The first-order chi connectivity index (χ1) is 13.0. The van der Waals surface area contributed by atoms with Gasteiger partial charge in [0, 0.05) is 31.2 Å². The van der Waals surface area contributed by atoms with Crippen molar-refractivity contribution in [3.63, 3.8) is 0 Å². The third-order valence-corrected chi connectivity index (χ3v) is 5.58. The van der Waals surface area contributed by atoms with Crippen molar-refractivity contribution < 1.29 is 4.79 Å². The number of hydrogen-bond acceptors (Lipinski definition) is 4. The first-order valence-electron chi connectivity index (χ1n) is 8.56. The summed E-state index contributed by atoms with van der Waals surface area (Å²) in [5.41, 5.74) is 2.04. The molecule has 5 nitrogen and oxygen atoms in total. The molecule has 0 saturated carbocycles. The van der Waals surface area contributed by atoms with E-state index in [1.807, 2.05) is 80.2 Å². The molecule has 0 unspecified atom stereocenters. The van der Waals surface area contributed by atoms with Gasteiger partial charge in [0.05, 0.1) is 5.25 Å². The zero-order valence-electron chi connectivity index (χ0n) is 15.5. The van der Waals surface area contributed by atoms with Crippen LogP contribution in [0.15, 0.2) is 59.8 Å². The Morgan fingerprint density at radius 1 is 1.15 bits per heavy atom. The second-order valence-corrected chi connectivity index (χ2v) is 8.06. The summed E-state index contributed by atoms with van der Waals surface area (Å²) in [6.07, 6.45) is 0. The highest BCUT2D eigenvalue weighted by atomic mass is 35.5. The molecule has 7 heteroatoms. The van der Waals surface area contributed by atoms with Crippen LogP contribution >= 0.6 is 23.4 Å². The summed E-state index contributed by atoms with van der Waals surface area (Å²) in [4.78, 5) is 14.4. The van der Waals surface area contributed by atoms with Gasteiger partial charge in [0.15, 0.2) is 11.0 Å². The van der Waals surface area contributed by atoms with Gasteiger partial charge in [-0.05, 0) is 36.8 Å². The van der Waals surface area contributed by atoms with Crippen LogP contribution < -0.4 is 0 Å². The summed E-state index contributed by atoms with van der Waals surface area (Å²) in [6, 6.07) is 17.4. The van der Waals surface area contributed by atoms with Gasteiger partial charge < -0.3 is 9.47 Å². The molecule has 1 heterocycles. The Bertz CT molecular complexity index is 911. The van der Waals surface area contributed by atoms with Gasteiger partial charge in [0.1, 0.15) is 0 Å². The fourth-order valence-electron chi connectivity index (χ4n) is 2.72. The van der Waals surface area contributed by atoms with Gasteiger partial charge in [0.2, 0.25) is 5.91 Å². The Labute approximate surface area is 168 Å². The van der Waals surface area contributed by atoms with E-state index in [1.54, 1.807) is 4.90 Å². The zero-order chi connectivity index (χ0) is 19.4. The number of rotatable bonds is 6. The Balaban J connectivity index is 1.67. The summed E-state index contributed by atoms with van der Waals surface area (Å²) in [5.74, 6) is 0.798. The number of hydrogen-bond donors (Lipinski definition) is 0. The second kappa shape index (κ2) is 8.59. The van der Waals surface area contributed by atoms with Crippen LogP contribution in [0.3, 0.4) is 0 Å². The minimum Gasteiger partial charge on any atom is -0.340 e. The van der Waals surface area contributed by atoms with Crippen molar-refractivity contribution in [2.75, 3.05) is 7.05 Å². The number of aromatic nitrogens is 3. The number of halogens is 1. The number of carbonyl (C=O) groups excluding carboxylic acids is 1. The molecule has 1 amide bonds. The Hall–Kier alpha value is -2.31. The predicted octanol–water partition coefficient (Wildman–Crippen LogP) is 4.27. The summed E-state index contributed by atoms with van der Waals surface area (Å²) < 4.78 is 1.90. The Morgan fingerprint density at radius 2 is 1.81 bits per heavy atom. The van der Waals surface area contributed by atoms with Gasteiger partial charge in [-0.2, -0.15) is 0 Å². The maximum absolute atomic E-state index is 12.7. The van der Waals surface area contributed by atoms with Crippen molar-refractivity contribution >= 4 is 29.3 Å². The van der Waals surface area contributed by atoms with Crippen LogP contribution in [0.2, 0.25) is 5.02 Å². The molecule has 0 radical (unpaired) electrons. The molecule has 27 heavy (non-hydrogen) atoms. The number of benzene rings is 2. The lowest BCUT2D eigenvalue weighted by molar-refractivity contribution is -0.129. The van der Waals surface area contributed by atoms with Gasteiger partial charge in [0.25, 0.3) is 0 Å². The average molecular weight is 401 g/mol. The third-order valence-electron chi connectivity index (χ3n) is 4.21. The topological polar surface area (TPSA) is 51.0 Å². The SMILES string of the molecule is C[C@H](Sc1nnc(-c2ccc(Cl)cc2)n1C)C(=O)N(C)Cc1ccccc1. The normalized spacial score (nSPS) is 12.0. The molecule has 0 bridgehead atoms. The largest absolute Gasteiger partial charge is 0.340 e. The van der Waals surface area contributed by atoms with E-state index < -0.39 is 0 Å². The molecule has 0 saturated heterocycles. The summed E-state index contributed by atoms with van der Waals surface area (Å²) in [6.45, 7) is 2.48. The molecular formula is C20H21ClN4OS. The van der Waals surface area contributed by atoms with Gasteiger partial charge in [-0.1, -0.05) is 53.7 Å². The van der Waals surface area contributed by atoms with Gasteiger partial charge in [-0.25, -0.2) is 0 Å². The summed E-state index contributed by atoms with van der Waals surface area (Å²) in [7, 11) is 3.72. The maximum atomic E-state index is 12.7. The van der Waals surface area contributed by atoms with E-state index in [9.17, 15) is 4.79 Å². The third kappa shape index (κ3) is 4.70. The number of nitrogens with zero attached hydrogens (tertiary/aromatic N) is 4. The monoisotopic (exact) mass is 400 g/mol. The molecule has 2 aromatic carbocycles. The minimum absolute atomic E-state index is 0.0555. The van der Waals surface area contributed by atoms with Gasteiger partial charge >= 0.3 is 0 Å². The van der Waals surface area contributed by atoms with Crippen molar-refractivity contribution in [3.05, 3.63) is 65.2 Å². The van der Waals surface area contributed by atoms with E-state index in [0.29, 0.717) is 16.7 Å². The smallest absolute Gasteiger partial charge is 0.235 e. The van der Waals surface area contributed by atoms with Crippen LogP contribution in [0.4, 0.5) is 0 Å². The van der Waals surface area contributed by atoms with E-state index in [-0.39, 0.29) is 11.2 Å². The van der Waals surface area contributed by atoms with E-state index in [4.69, 9.17) is 11.6 Å². The van der Waals surface area contributed by atoms with Crippen molar-refractivity contribution in [2.24, 2.45) is 7.05 Å². The first-order valence-corrected chi connectivity index (χ1v) is 9.82. The second-order valence-electron chi connectivity index (χ2n) is 6.31. The number of carbonyl (C=O) groups is 1. The highest BCUT2D eigenvalue weighted by Gasteiger charge is 2.22. The molecular weight excluding hydrogens is 380 g/mol.